The summed E-state index contributed by atoms with van der Waals surface area (Å²) in [5.74, 6) is -1.87. The van der Waals surface area contributed by atoms with Crippen LogP contribution in [0.25, 0.3) is 0 Å². The molecular weight excluding hydrogens is 376 g/mol. The maximum atomic E-state index is 12.4. The quantitative estimate of drug-likeness (QED) is 0.696. The summed E-state index contributed by atoms with van der Waals surface area (Å²) in [6, 6.07) is 9.34. The highest BCUT2D eigenvalue weighted by Gasteiger charge is 2.26. The molecule has 0 bridgehead atoms. The van der Waals surface area contributed by atoms with Crippen molar-refractivity contribution in [2.24, 2.45) is 5.73 Å². The van der Waals surface area contributed by atoms with E-state index in [1.165, 1.54) is 11.3 Å². The Labute approximate surface area is 168 Å². The Hall–Kier alpha value is -2.67. The minimum atomic E-state index is -0.540. The Kier molecular flexibility index (Phi) is 6.46. The van der Waals surface area contributed by atoms with Crippen LogP contribution in [0.5, 0.6) is 0 Å². The molecule has 0 radical (unpaired) electrons. The van der Waals surface area contributed by atoms with E-state index in [1.54, 1.807) is 0 Å². The molecule has 1 aromatic heterocycles. The predicted octanol–water partition coefficient (Wildman–Crippen LogP) is 3.40. The molecule has 0 saturated carbocycles. The van der Waals surface area contributed by atoms with Crippen molar-refractivity contribution in [3.8, 4) is 0 Å². The van der Waals surface area contributed by atoms with Gasteiger partial charge in [-0.1, -0.05) is 37.3 Å². The number of anilines is 1. The van der Waals surface area contributed by atoms with Gasteiger partial charge < -0.3 is 15.8 Å². The molecular formula is C21H24N2O4S. The number of primary amides is 1. The second-order valence-corrected chi connectivity index (χ2v) is 7.91. The van der Waals surface area contributed by atoms with E-state index in [4.69, 9.17) is 10.5 Å². The zero-order valence-corrected chi connectivity index (χ0v) is 16.6. The highest BCUT2D eigenvalue weighted by Crippen LogP contribution is 2.37. The first-order valence-electron chi connectivity index (χ1n) is 9.47. The van der Waals surface area contributed by atoms with E-state index in [0.717, 1.165) is 41.7 Å². The van der Waals surface area contributed by atoms with Crippen molar-refractivity contribution in [1.82, 2.24) is 0 Å². The Morgan fingerprint density at radius 3 is 2.57 bits per heavy atom. The third kappa shape index (κ3) is 4.42. The van der Waals surface area contributed by atoms with Gasteiger partial charge in [-0.25, -0.2) is 0 Å². The van der Waals surface area contributed by atoms with Crippen LogP contribution < -0.4 is 11.1 Å². The standard InChI is InChI=1S/C21H24N2O4S/c1-2-14(13-8-4-3-5-9-13)21(26)27-12-17(24)23-20-18(19(22)25)15-10-6-7-11-16(15)28-20/h3-5,8-9,14H,2,6-7,10-12H2,1H3,(H2,22,25)(H,23,24)/t14-/m1/s1. The molecule has 28 heavy (non-hydrogen) atoms. The fourth-order valence-corrected chi connectivity index (χ4v) is 4.85. The van der Waals surface area contributed by atoms with E-state index in [2.05, 4.69) is 5.32 Å². The van der Waals surface area contributed by atoms with Gasteiger partial charge in [0.05, 0.1) is 11.5 Å². The van der Waals surface area contributed by atoms with E-state index in [0.29, 0.717) is 17.0 Å². The van der Waals surface area contributed by atoms with E-state index in [1.807, 2.05) is 37.3 Å². The van der Waals surface area contributed by atoms with Crippen molar-refractivity contribution in [2.75, 3.05) is 11.9 Å². The minimum Gasteiger partial charge on any atom is -0.455 e. The second kappa shape index (κ2) is 9.01. The molecule has 6 nitrogen and oxygen atoms in total. The molecule has 3 rings (SSSR count). The van der Waals surface area contributed by atoms with Gasteiger partial charge in [0.25, 0.3) is 11.8 Å². The molecule has 1 aliphatic rings. The Morgan fingerprint density at radius 2 is 1.89 bits per heavy atom. The second-order valence-electron chi connectivity index (χ2n) is 6.81. The van der Waals surface area contributed by atoms with Gasteiger partial charge in [0.2, 0.25) is 0 Å². The molecule has 2 amide bonds. The summed E-state index contributed by atoms with van der Waals surface area (Å²) in [4.78, 5) is 37.7. The largest absolute Gasteiger partial charge is 0.455 e. The summed E-state index contributed by atoms with van der Waals surface area (Å²) in [7, 11) is 0. The maximum Gasteiger partial charge on any atom is 0.313 e. The molecule has 148 valence electrons. The lowest BCUT2D eigenvalue weighted by Crippen LogP contribution is -2.25. The summed E-state index contributed by atoms with van der Waals surface area (Å²) in [5, 5.41) is 3.16. The van der Waals surface area contributed by atoms with Crippen LogP contribution in [-0.2, 0) is 27.2 Å². The van der Waals surface area contributed by atoms with Gasteiger partial charge in [-0.3, -0.25) is 14.4 Å². The van der Waals surface area contributed by atoms with Gasteiger partial charge >= 0.3 is 5.97 Å². The van der Waals surface area contributed by atoms with Crippen LogP contribution in [-0.4, -0.2) is 24.4 Å². The minimum absolute atomic E-state index is 0.398. The van der Waals surface area contributed by atoms with E-state index in [-0.39, 0.29) is 0 Å². The van der Waals surface area contributed by atoms with Gasteiger partial charge in [-0.05, 0) is 43.2 Å². The molecule has 1 aliphatic carbocycles. The van der Waals surface area contributed by atoms with Crippen LogP contribution >= 0.6 is 11.3 Å². The highest BCUT2D eigenvalue weighted by atomic mass is 32.1. The number of esters is 1. The number of nitrogens with two attached hydrogens (primary N) is 1. The lowest BCUT2D eigenvalue weighted by atomic mass is 9.95. The zero-order valence-electron chi connectivity index (χ0n) is 15.8. The number of thiophene rings is 1. The number of aryl methyl sites for hydroxylation is 1. The van der Waals surface area contributed by atoms with Crippen LogP contribution in [0.3, 0.4) is 0 Å². The third-order valence-corrected chi connectivity index (χ3v) is 6.12. The fourth-order valence-electron chi connectivity index (χ4n) is 3.54. The molecule has 0 aliphatic heterocycles. The Bertz CT molecular complexity index is 876. The van der Waals surface area contributed by atoms with Gasteiger partial charge in [-0.15, -0.1) is 11.3 Å². The first kappa shape index (κ1) is 20.1. The summed E-state index contributed by atoms with van der Waals surface area (Å²) >= 11 is 1.39. The van der Waals surface area contributed by atoms with Crippen molar-refractivity contribution in [3.63, 3.8) is 0 Å². The maximum absolute atomic E-state index is 12.4. The molecule has 0 fully saturated rings. The van der Waals surface area contributed by atoms with Crippen molar-refractivity contribution in [3.05, 3.63) is 51.9 Å². The topological polar surface area (TPSA) is 98.5 Å². The van der Waals surface area contributed by atoms with Crippen LogP contribution in [0.1, 0.15) is 58.5 Å². The molecule has 2 aromatic rings. The van der Waals surface area contributed by atoms with Gasteiger partial charge in [0.15, 0.2) is 6.61 Å². The Balaban J connectivity index is 1.64. The number of ether oxygens (including phenoxy) is 1. The molecule has 1 heterocycles. The number of benzene rings is 1. The van der Waals surface area contributed by atoms with Crippen LogP contribution in [0.4, 0.5) is 5.00 Å². The number of hydrogen-bond donors (Lipinski definition) is 2. The van der Waals surface area contributed by atoms with Crippen LogP contribution in [0.15, 0.2) is 30.3 Å². The van der Waals surface area contributed by atoms with Gasteiger partial charge in [0.1, 0.15) is 5.00 Å². The summed E-state index contributed by atoms with van der Waals surface area (Å²) in [5.41, 5.74) is 7.74. The third-order valence-electron chi connectivity index (χ3n) is 4.91. The lowest BCUT2D eigenvalue weighted by Gasteiger charge is -2.14. The molecule has 3 N–H and O–H groups in total. The smallest absolute Gasteiger partial charge is 0.313 e. The van der Waals surface area contributed by atoms with Crippen LogP contribution in [0, 0.1) is 0 Å². The number of rotatable bonds is 7. The lowest BCUT2D eigenvalue weighted by molar-refractivity contribution is -0.149. The molecule has 0 unspecified atom stereocenters. The van der Waals surface area contributed by atoms with Crippen molar-refractivity contribution in [2.45, 2.75) is 44.9 Å². The highest BCUT2D eigenvalue weighted by molar-refractivity contribution is 7.17. The summed E-state index contributed by atoms with van der Waals surface area (Å²) < 4.78 is 5.22. The van der Waals surface area contributed by atoms with E-state index >= 15 is 0 Å². The van der Waals surface area contributed by atoms with Gasteiger partial charge in [-0.2, -0.15) is 0 Å². The predicted molar refractivity (Wildman–Crippen MR) is 109 cm³/mol. The first-order chi connectivity index (χ1) is 13.5. The molecule has 7 heteroatoms. The van der Waals surface area contributed by atoms with Crippen molar-refractivity contribution < 1.29 is 19.1 Å². The summed E-state index contributed by atoms with van der Waals surface area (Å²) in [6.07, 6.45) is 4.33. The average molecular weight is 401 g/mol. The fraction of sp³-hybridized carbons (Fsp3) is 0.381. The van der Waals surface area contributed by atoms with Crippen molar-refractivity contribution in [1.29, 1.82) is 0 Å². The SMILES string of the molecule is CC[C@@H](C(=O)OCC(=O)Nc1sc2c(c1C(N)=O)CCCC2)c1ccccc1. The van der Waals surface area contributed by atoms with Crippen molar-refractivity contribution >= 4 is 34.1 Å². The van der Waals surface area contributed by atoms with E-state index in [9.17, 15) is 14.4 Å². The number of fused-ring (bicyclic) bond motifs is 1. The average Bonchev–Trinajstić information content (AvgIpc) is 3.05. The van der Waals surface area contributed by atoms with E-state index < -0.39 is 30.3 Å². The zero-order chi connectivity index (χ0) is 20.1. The molecule has 1 aromatic carbocycles. The Morgan fingerprint density at radius 1 is 1.18 bits per heavy atom. The first-order valence-corrected chi connectivity index (χ1v) is 10.3. The number of nitrogens with one attached hydrogen (secondary N) is 1. The molecule has 0 spiro atoms. The number of carbonyl (C=O) groups is 3. The number of hydrogen-bond acceptors (Lipinski definition) is 5. The monoisotopic (exact) mass is 400 g/mol. The summed E-state index contributed by atoms with van der Waals surface area (Å²) in [6.45, 7) is 1.50. The van der Waals surface area contributed by atoms with Gasteiger partial charge in [0, 0.05) is 4.88 Å². The molecule has 1 atom stereocenters. The molecule has 0 saturated heterocycles. The number of carbonyl (C=O) groups excluding carboxylic acids is 3. The van der Waals surface area contributed by atoms with Crippen LogP contribution in [0.2, 0.25) is 0 Å². The number of amides is 2. The normalized spacial score (nSPS) is 14.0.